The largest absolute Gasteiger partial charge is 0.480 e. The van der Waals surface area contributed by atoms with E-state index in [1.54, 1.807) is 0 Å². The van der Waals surface area contributed by atoms with Crippen molar-refractivity contribution in [1.82, 2.24) is 4.90 Å². The third-order valence-electron chi connectivity index (χ3n) is 2.23. The second-order valence-electron chi connectivity index (χ2n) is 3.78. The van der Waals surface area contributed by atoms with E-state index in [1.807, 2.05) is 0 Å². The molecule has 8 heteroatoms. The molecule has 0 unspecified atom stereocenters. The van der Waals surface area contributed by atoms with E-state index >= 15 is 0 Å². The van der Waals surface area contributed by atoms with E-state index in [2.05, 4.69) is 0 Å². The van der Waals surface area contributed by atoms with E-state index in [4.69, 9.17) is 9.84 Å². The highest BCUT2D eigenvalue weighted by molar-refractivity contribution is 5.88. The van der Waals surface area contributed by atoms with Crippen LogP contribution < -0.4 is 0 Å². The average Bonchev–Trinajstić information content (AvgIpc) is 2.38. The topological polar surface area (TPSA) is 66.8 Å². The molecule has 1 heterocycles. The molecule has 1 saturated heterocycles. The third-order valence-corrected chi connectivity index (χ3v) is 2.23. The monoisotopic (exact) mass is 241 g/mol. The molecule has 1 rings (SSSR count). The van der Waals surface area contributed by atoms with Gasteiger partial charge in [-0.15, -0.1) is 0 Å². The lowest BCUT2D eigenvalue weighted by Gasteiger charge is -2.32. The van der Waals surface area contributed by atoms with Crippen molar-refractivity contribution in [3.8, 4) is 0 Å². The number of nitrogens with zero attached hydrogens (tertiary/aromatic N) is 1. The Hall–Kier alpha value is -1.31. The first-order valence-electron chi connectivity index (χ1n) is 4.34. The van der Waals surface area contributed by atoms with Crippen molar-refractivity contribution in [3.63, 3.8) is 0 Å². The van der Waals surface area contributed by atoms with Gasteiger partial charge in [-0.05, 0) is 13.8 Å². The summed E-state index contributed by atoms with van der Waals surface area (Å²) in [4.78, 5) is 21.9. The van der Waals surface area contributed by atoms with Gasteiger partial charge in [-0.25, -0.2) is 4.79 Å². The predicted octanol–water partition coefficient (Wildman–Crippen LogP) is 0.597. The summed E-state index contributed by atoms with van der Waals surface area (Å²) in [5.41, 5.74) is -1.57. The SMILES string of the molecule is CC1(C)OC[C@@H](C(=O)O)N1C(=O)C(F)(F)F. The summed E-state index contributed by atoms with van der Waals surface area (Å²) >= 11 is 0. The molecule has 1 aliphatic rings. The molecule has 1 aliphatic heterocycles. The van der Waals surface area contributed by atoms with Gasteiger partial charge in [-0.2, -0.15) is 13.2 Å². The van der Waals surface area contributed by atoms with Gasteiger partial charge in [-0.1, -0.05) is 0 Å². The van der Waals surface area contributed by atoms with E-state index in [1.165, 1.54) is 13.8 Å². The Morgan fingerprint density at radius 2 is 1.94 bits per heavy atom. The quantitative estimate of drug-likeness (QED) is 0.729. The lowest BCUT2D eigenvalue weighted by Crippen LogP contribution is -2.55. The molecule has 0 radical (unpaired) electrons. The zero-order valence-electron chi connectivity index (χ0n) is 8.54. The molecule has 0 aromatic carbocycles. The third kappa shape index (κ3) is 2.11. The van der Waals surface area contributed by atoms with Crippen molar-refractivity contribution >= 4 is 11.9 Å². The number of ether oxygens (including phenoxy) is 1. The molecule has 0 aliphatic carbocycles. The molecule has 1 atom stereocenters. The molecule has 1 N–H and O–H groups in total. The Kier molecular flexibility index (Phi) is 2.88. The standard InChI is InChI=1S/C8H10F3NO4/c1-7(2)12(6(15)8(9,10)11)4(3-16-7)5(13)14/h4H,3H2,1-2H3,(H,13,14)/t4-/m0/s1. The van der Waals surface area contributed by atoms with Crippen molar-refractivity contribution < 1.29 is 32.6 Å². The molecular formula is C8H10F3NO4. The second-order valence-corrected chi connectivity index (χ2v) is 3.78. The molecular weight excluding hydrogens is 231 g/mol. The van der Waals surface area contributed by atoms with Gasteiger partial charge in [0.2, 0.25) is 0 Å². The number of carboxylic acid groups (broad SMARTS) is 1. The molecule has 1 fully saturated rings. The van der Waals surface area contributed by atoms with Crippen LogP contribution >= 0.6 is 0 Å². The molecule has 0 saturated carbocycles. The number of halogens is 3. The number of carbonyl (C=O) groups is 2. The van der Waals surface area contributed by atoms with Gasteiger partial charge in [0, 0.05) is 0 Å². The average molecular weight is 241 g/mol. The Balaban J connectivity index is 3.05. The molecule has 92 valence electrons. The number of amides is 1. The summed E-state index contributed by atoms with van der Waals surface area (Å²) in [7, 11) is 0. The minimum atomic E-state index is -5.11. The van der Waals surface area contributed by atoms with Crippen molar-refractivity contribution in [2.24, 2.45) is 0 Å². The van der Waals surface area contributed by atoms with E-state index in [0.29, 0.717) is 0 Å². The predicted molar refractivity (Wildman–Crippen MR) is 44.4 cm³/mol. The summed E-state index contributed by atoms with van der Waals surface area (Å²) in [5, 5.41) is 8.69. The normalized spacial score (nSPS) is 24.6. The number of aliphatic carboxylic acids is 1. The van der Waals surface area contributed by atoms with E-state index < -0.39 is 36.4 Å². The fourth-order valence-corrected chi connectivity index (χ4v) is 1.51. The lowest BCUT2D eigenvalue weighted by molar-refractivity contribution is -0.199. The van der Waals surface area contributed by atoms with Gasteiger partial charge in [0.15, 0.2) is 6.04 Å². The van der Waals surface area contributed by atoms with Crippen LogP contribution in [0.1, 0.15) is 13.8 Å². The van der Waals surface area contributed by atoms with Crippen LogP contribution in [0, 0.1) is 0 Å². The highest BCUT2D eigenvalue weighted by atomic mass is 19.4. The highest BCUT2D eigenvalue weighted by Gasteiger charge is 2.55. The maximum atomic E-state index is 12.2. The summed E-state index contributed by atoms with van der Waals surface area (Å²) in [5.74, 6) is -3.73. The zero-order chi connectivity index (χ0) is 12.7. The maximum Gasteiger partial charge on any atom is 0.471 e. The van der Waals surface area contributed by atoms with Crippen molar-refractivity contribution in [1.29, 1.82) is 0 Å². The molecule has 5 nitrogen and oxygen atoms in total. The van der Waals surface area contributed by atoms with Crippen molar-refractivity contribution in [2.75, 3.05) is 6.61 Å². The Bertz CT molecular complexity index is 326. The minimum Gasteiger partial charge on any atom is -0.480 e. The van der Waals surface area contributed by atoms with Gasteiger partial charge in [0.1, 0.15) is 5.72 Å². The molecule has 0 aromatic heterocycles. The highest BCUT2D eigenvalue weighted by Crippen LogP contribution is 2.32. The molecule has 0 spiro atoms. The number of hydrogen-bond acceptors (Lipinski definition) is 3. The van der Waals surface area contributed by atoms with Crippen LogP contribution in [0.15, 0.2) is 0 Å². The van der Waals surface area contributed by atoms with E-state index in [-0.39, 0.29) is 4.90 Å². The van der Waals surface area contributed by atoms with Crippen LogP contribution in [0.4, 0.5) is 13.2 Å². The zero-order valence-corrected chi connectivity index (χ0v) is 8.54. The first-order chi connectivity index (χ1) is 7.07. The number of rotatable bonds is 1. The Morgan fingerprint density at radius 3 is 2.31 bits per heavy atom. The van der Waals surface area contributed by atoms with Crippen LogP contribution in [0.25, 0.3) is 0 Å². The van der Waals surface area contributed by atoms with Crippen molar-refractivity contribution in [2.45, 2.75) is 31.8 Å². The second kappa shape index (κ2) is 3.62. The fourth-order valence-electron chi connectivity index (χ4n) is 1.51. The van der Waals surface area contributed by atoms with Gasteiger partial charge in [0.05, 0.1) is 6.61 Å². The van der Waals surface area contributed by atoms with Crippen LogP contribution in [-0.2, 0) is 14.3 Å². The van der Waals surface area contributed by atoms with Crippen LogP contribution in [0.5, 0.6) is 0 Å². The van der Waals surface area contributed by atoms with E-state index in [0.717, 1.165) is 0 Å². The molecule has 16 heavy (non-hydrogen) atoms. The summed E-state index contributed by atoms with van der Waals surface area (Å²) < 4.78 is 41.6. The Morgan fingerprint density at radius 1 is 1.44 bits per heavy atom. The van der Waals surface area contributed by atoms with Crippen LogP contribution in [-0.4, -0.2) is 46.4 Å². The molecule has 1 amide bonds. The fraction of sp³-hybridized carbons (Fsp3) is 0.750. The maximum absolute atomic E-state index is 12.2. The van der Waals surface area contributed by atoms with Crippen LogP contribution in [0.3, 0.4) is 0 Å². The number of carboxylic acids is 1. The van der Waals surface area contributed by atoms with E-state index in [9.17, 15) is 22.8 Å². The van der Waals surface area contributed by atoms with Gasteiger partial charge >= 0.3 is 18.1 Å². The molecule has 0 bridgehead atoms. The molecule has 0 aromatic rings. The first-order valence-corrected chi connectivity index (χ1v) is 4.34. The van der Waals surface area contributed by atoms with Crippen LogP contribution in [0.2, 0.25) is 0 Å². The number of hydrogen-bond donors (Lipinski definition) is 1. The first kappa shape index (κ1) is 12.8. The van der Waals surface area contributed by atoms with Gasteiger partial charge in [0.25, 0.3) is 0 Å². The van der Waals surface area contributed by atoms with Crippen molar-refractivity contribution in [3.05, 3.63) is 0 Å². The number of alkyl halides is 3. The van der Waals surface area contributed by atoms with Gasteiger partial charge < -0.3 is 9.84 Å². The minimum absolute atomic E-state index is 0.204. The smallest absolute Gasteiger partial charge is 0.471 e. The lowest BCUT2D eigenvalue weighted by atomic mass is 10.2. The summed E-state index contributed by atoms with van der Waals surface area (Å²) in [6.07, 6.45) is -5.11. The summed E-state index contributed by atoms with van der Waals surface area (Å²) in [6, 6.07) is -1.61. The number of carbonyl (C=O) groups excluding carboxylic acids is 1. The van der Waals surface area contributed by atoms with Gasteiger partial charge in [-0.3, -0.25) is 9.69 Å². The summed E-state index contributed by atoms with van der Waals surface area (Å²) in [6.45, 7) is 1.96. The Labute approximate surface area is 88.8 Å².